The van der Waals surface area contributed by atoms with Crippen LogP contribution in [0.3, 0.4) is 0 Å². The van der Waals surface area contributed by atoms with Crippen molar-refractivity contribution in [1.82, 2.24) is 0 Å². The predicted molar refractivity (Wildman–Crippen MR) is 124 cm³/mol. The molecule has 0 bridgehead atoms. The molecule has 4 aliphatic carbocycles. The number of allylic oxidation sites excluding steroid dienone is 4. The molecule has 2 unspecified atom stereocenters. The van der Waals surface area contributed by atoms with Gasteiger partial charge in [0.1, 0.15) is 0 Å². The summed E-state index contributed by atoms with van der Waals surface area (Å²) in [5, 5.41) is 10.2. The first-order valence-electron chi connectivity index (χ1n) is 12.7. The van der Waals surface area contributed by atoms with Crippen molar-refractivity contribution >= 4 is 0 Å². The zero-order chi connectivity index (χ0) is 21.0. The molecule has 0 aromatic heterocycles. The van der Waals surface area contributed by atoms with E-state index < -0.39 is 0 Å². The van der Waals surface area contributed by atoms with Gasteiger partial charge >= 0.3 is 0 Å². The molecule has 3 saturated carbocycles. The second-order valence-electron chi connectivity index (χ2n) is 12.3. The van der Waals surface area contributed by atoms with E-state index in [-0.39, 0.29) is 6.10 Å². The maximum absolute atomic E-state index is 10.2. The lowest BCUT2D eigenvalue weighted by atomic mass is 9.47. The molecular formula is C28H46O. The fraction of sp³-hybridized carbons (Fsp3) is 0.857. The van der Waals surface area contributed by atoms with Crippen LogP contribution in [-0.4, -0.2) is 11.2 Å². The van der Waals surface area contributed by atoms with Gasteiger partial charge in [-0.2, -0.15) is 0 Å². The zero-order valence-corrected chi connectivity index (χ0v) is 20.0. The molecule has 1 N–H and O–H groups in total. The SMILES string of the molecule is CC(C)C(C)/C=C/[C@@H](C)[C@H]1CC[C@H]2C3=CCC4C[C@@H](O)CC[C@]4(C)[C@H]3CC[C@]12C. The molecule has 4 rings (SSSR count). The number of hydrogen-bond donors (Lipinski definition) is 1. The van der Waals surface area contributed by atoms with Crippen LogP contribution in [0, 0.1) is 52.3 Å². The lowest BCUT2D eigenvalue weighted by molar-refractivity contribution is -0.0414. The van der Waals surface area contributed by atoms with Crippen LogP contribution in [0.2, 0.25) is 0 Å². The van der Waals surface area contributed by atoms with E-state index in [0.717, 1.165) is 36.5 Å². The van der Waals surface area contributed by atoms with Gasteiger partial charge in [0.05, 0.1) is 6.10 Å². The third-order valence-corrected chi connectivity index (χ3v) is 10.5. The van der Waals surface area contributed by atoms with Gasteiger partial charge in [-0.05, 0) is 104 Å². The maximum atomic E-state index is 10.2. The zero-order valence-electron chi connectivity index (χ0n) is 20.0. The minimum Gasteiger partial charge on any atom is -0.393 e. The molecule has 1 heteroatoms. The molecule has 0 amide bonds. The van der Waals surface area contributed by atoms with Crippen molar-refractivity contribution < 1.29 is 5.11 Å². The average molecular weight is 399 g/mol. The smallest absolute Gasteiger partial charge is 0.0543 e. The number of hydrogen-bond acceptors (Lipinski definition) is 1. The highest BCUT2D eigenvalue weighted by molar-refractivity contribution is 5.28. The lowest BCUT2D eigenvalue weighted by Gasteiger charge is -2.57. The Bertz CT molecular complexity index is 659. The van der Waals surface area contributed by atoms with Gasteiger partial charge in [0, 0.05) is 0 Å². The number of fused-ring (bicyclic) bond motifs is 5. The van der Waals surface area contributed by atoms with Crippen LogP contribution in [-0.2, 0) is 0 Å². The molecule has 3 fully saturated rings. The van der Waals surface area contributed by atoms with Crippen molar-refractivity contribution in [2.75, 3.05) is 0 Å². The summed E-state index contributed by atoms with van der Waals surface area (Å²) in [6.07, 6.45) is 17.8. The first-order chi connectivity index (χ1) is 13.7. The van der Waals surface area contributed by atoms with Crippen molar-refractivity contribution in [2.24, 2.45) is 52.3 Å². The van der Waals surface area contributed by atoms with Crippen LogP contribution in [0.4, 0.5) is 0 Å². The Hall–Kier alpha value is -0.560. The van der Waals surface area contributed by atoms with Gasteiger partial charge in [0.25, 0.3) is 0 Å². The van der Waals surface area contributed by atoms with Crippen LogP contribution in [0.1, 0.15) is 92.9 Å². The number of rotatable bonds is 4. The molecule has 0 saturated heterocycles. The molecule has 0 heterocycles. The van der Waals surface area contributed by atoms with Gasteiger partial charge < -0.3 is 5.11 Å². The Morgan fingerprint density at radius 3 is 2.34 bits per heavy atom. The average Bonchev–Trinajstić information content (AvgIpc) is 3.03. The molecule has 1 nitrogen and oxygen atoms in total. The molecule has 4 aliphatic rings. The van der Waals surface area contributed by atoms with E-state index in [1.54, 1.807) is 0 Å². The molecule has 0 spiro atoms. The van der Waals surface area contributed by atoms with E-state index in [1.165, 1.54) is 38.5 Å². The first-order valence-corrected chi connectivity index (χ1v) is 12.7. The highest BCUT2D eigenvalue weighted by Crippen LogP contribution is 2.66. The van der Waals surface area contributed by atoms with Crippen LogP contribution in [0.25, 0.3) is 0 Å². The third kappa shape index (κ3) is 3.58. The molecule has 0 radical (unpaired) electrons. The standard InChI is InChI=1S/C28H46O/c1-18(2)19(3)7-8-20(4)24-11-12-25-23-10-9-21-17-22(29)13-15-27(21,5)26(23)14-16-28(24,25)6/h7-8,10,18-22,24-26,29H,9,11-17H2,1-6H3/b8-7+/t19?,20-,21?,22+,24-,25+,26+,27+,28-/m1/s1. The Labute approximate surface area is 180 Å². The minimum absolute atomic E-state index is 0.0476. The van der Waals surface area contributed by atoms with Crippen molar-refractivity contribution in [3.63, 3.8) is 0 Å². The first kappa shape index (κ1) is 21.7. The van der Waals surface area contributed by atoms with E-state index in [0.29, 0.717) is 28.6 Å². The molecule has 0 aromatic rings. The van der Waals surface area contributed by atoms with Crippen molar-refractivity contribution in [2.45, 2.75) is 99.0 Å². The summed E-state index contributed by atoms with van der Waals surface area (Å²) in [6, 6.07) is 0. The minimum atomic E-state index is -0.0476. The van der Waals surface area contributed by atoms with Gasteiger partial charge in [-0.1, -0.05) is 65.3 Å². The van der Waals surface area contributed by atoms with Gasteiger partial charge in [0.2, 0.25) is 0 Å². The molecule has 164 valence electrons. The van der Waals surface area contributed by atoms with Crippen molar-refractivity contribution in [1.29, 1.82) is 0 Å². The van der Waals surface area contributed by atoms with Crippen molar-refractivity contribution in [3.8, 4) is 0 Å². The normalized spacial score (nSPS) is 46.8. The monoisotopic (exact) mass is 398 g/mol. The largest absolute Gasteiger partial charge is 0.393 e. The molecule has 9 atom stereocenters. The Kier molecular flexibility index (Phi) is 5.86. The lowest BCUT2D eigenvalue weighted by Crippen LogP contribution is -2.49. The summed E-state index contributed by atoms with van der Waals surface area (Å²) in [7, 11) is 0. The second kappa shape index (κ2) is 7.85. The van der Waals surface area contributed by atoms with Gasteiger partial charge in [-0.25, -0.2) is 0 Å². The summed E-state index contributed by atoms with van der Waals surface area (Å²) >= 11 is 0. The summed E-state index contributed by atoms with van der Waals surface area (Å²) in [5.74, 6) is 5.25. The van der Waals surface area contributed by atoms with E-state index >= 15 is 0 Å². The van der Waals surface area contributed by atoms with Crippen LogP contribution in [0.5, 0.6) is 0 Å². The molecule has 0 aromatic carbocycles. The third-order valence-electron chi connectivity index (χ3n) is 10.5. The summed E-state index contributed by atoms with van der Waals surface area (Å²) < 4.78 is 0. The van der Waals surface area contributed by atoms with E-state index in [4.69, 9.17) is 0 Å². The Morgan fingerprint density at radius 2 is 1.62 bits per heavy atom. The highest BCUT2D eigenvalue weighted by Gasteiger charge is 2.57. The van der Waals surface area contributed by atoms with Crippen LogP contribution in [0.15, 0.2) is 23.8 Å². The topological polar surface area (TPSA) is 20.2 Å². The van der Waals surface area contributed by atoms with Crippen molar-refractivity contribution in [3.05, 3.63) is 23.8 Å². The van der Waals surface area contributed by atoms with E-state index in [1.807, 2.05) is 5.57 Å². The fourth-order valence-electron chi connectivity index (χ4n) is 8.10. The van der Waals surface area contributed by atoms with Gasteiger partial charge in [0.15, 0.2) is 0 Å². The summed E-state index contributed by atoms with van der Waals surface area (Å²) in [4.78, 5) is 0. The van der Waals surface area contributed by atoms with E-state index in [2.05, 4.69) is 59.8 Å². The highest BCUT2D eigenvalue weighted by atomic mass is 16.3. The van der Waals surface area contributed by atoms with Gasteiger partial charge in [-0.3, -0.25) is 0 Å². The summed E-state index contributed by atoms with van der Waals surface area (Å²) in [6.45, 7) is 14.7. The molecule has 0 aliphatic heterocycles. The van der Waals surface area contributed by atoms with Crippen LogP contribution >= 0.6 is 0 Å². The number of aliphatic hydroxyl groups excluding tert-OH is 1. The predicted octanol–water partition coefficient (Wildman–Crippen LogP) is 7.41. The Morgan fingerprint density at radius 1 is 0.931 bits per heavy atom. The van der Waals surface area contributed by atoms with Gasteiger partial charge in [-0.15, -0.1) is 0 Å². The van der Waals surface area contributed by atoms with E-state index in [9.17, 15) is 5.11 Å². The maximum Gasteiger partial charge on any atom is 0.0543 e. The fourth-order valence-corrected chi connectivity index (χ4v) is 8.10. The Balaban J connectivity index is 1.54. The molecular weight excluding hydrogens is 352 g/mol. The summed E-state index contributed by atoms with van der Waals surface area (Å²) in [5.41, 5.74) is 2.79. The number of aliphatic hydroxyl groups is 1. The quantitative estimate of drug-likeness (QED) is 0.489. The van der Waals surface area contributed by atoms with Crippen LogP contribution < -0.4 is 0 Å². The molecule has 29 heavy (non-hydrogen) atoms. The second-order valence-corrected chi connectivity index (χ2v) is 12.3.